The second kappa shape index (κ2) is 5.32. The van der Waals surface area contributed by atoms with Gasteiger partial charge in [-0.3, -0.25) is 5.10 Å². The first kappa shape index (κ1) is 14.0. The SMILES string of the molecule is CC(C)(C)OC(=O)N1CCCC(n2cn[nH]c2=S)C1. The van der Waals surface area contributed by atoms with Crippen LogP contribution in [0.1, 0.15) is 39.7 Å². The molecule has 1 saturated heterocycles. The molecule has 1 N–H and O–H groups in total. The Morgan fingerprint density at radius 1 is 1.58 bits per heavy atom. The molecule has 1 unspecified atom stereocenters. The number of nitrogens with zero attached hydrogens (tertiary/aromatic N) is 3. The Labute approximate surface area is 117 Å². The largest absolute Gasteiger partial charge is 0.444 e. The highest BCUT2D eigenvalue weighted by Gasteiger charge is 2.28. The summed E-state index contributed by atoms with van der Waals surface area (Å²) in [5.41, 5.74) is -0.462. The number of likely N-dealkylation sites (tertiary alicyclic amines) is 1. The lowest BCUT2D eigenvalue weighted by Gasteiger charge is -2.34. The first-order valence-electron chi connectivity index (χ1n) is 6.46. The third-order valence-electron chi connectivity index (χ3n) is 3.02. The zero-order valence-electron chi connectivity index (χ0n) is 11.5. The molecule has 6 nitrogen and oxygen atoms in total. The monoisotopic (exact) mass is 284 g/mol. The molecule has 2 heterocycles. The summed E-state index contributed by atoms with van der Waals surface area (Å²) in [5, 5.41) is 6.67. The van der Waals surface area contributed by atoms with Crippen molar-refractivity contribution in [2.24, 2.45) is 0 Å². The minimum absolute atomic E-state index is 0.174. The second-order valence-corrected chi connectivity index (χ2v) is 6.18. The van der Waals surface area contributed by atoms with Crippen molar-refractivity contribution in [1.82, 2.24) is 19.7 Å². The Morgan fingerprint density at radius 2 is 2.32 bits per heavy atom. The maximum Gasteiger partial charge on any atom is 0.410 e. The van der Waals surface area contributed by atoms with Crippen LogP contribution in [0, 0.1) is 4.77 Å². The van der Waals surface area contributed by atoms with Crippen molar-refractivity contribution in [1.29, 1.82) is 0 Å². The smallest absolute Gasteiger partial charge is 0.410 e. The summed E-state index contributed by atoms with van der Waals surface area (Å²) in [6.45, 7) is 6.97. The van der Waals surface area contributed by atoms with Gasteiger partial charge in [-0.15, -0.1) is 0 Å². The van der Waals surface area contributed by atoms with Gasteiger partial charge in [-0.2, -0.15) is 5.10 Å². The van der Waals surface area contributed by atoms with E-state index in [2.05, 4.69) is 10.2 Å². The number of carbonyl (C=O) groups is 1. The highest BCUT2D eigenvalue weighted by atomic mass is 32.1. The fourth-order valence-corrected chi connectivity index (χ4v) is 2.44. The molecule has 1 fully saturated rings. The normalized spacial score (nSPS) is 20.4. The van der Waals surface area contributed by atoms with Crippen LogP contribution in [0.4, 0.5) is 4.79 Å². The zero-order chi connectivity index (χ0) is 14.0. The molecule has 1 aromatic heterocycles. The molecule has 1 aliphatic heterocycles. The molecule has 1 aliphatic rings. The number of hydrogen-bond acceptors (Lipinski definition) is 4. The van der Waals surface area contributed by atoms with Crippen LogP contribution < -0.4 is 0 Å². The molecule has 0 spiro atoms. The standard InChI is InChI=1S/C12H20N4O2S/c1-12(2,3)18-11(17)15-6-4-5-9(7-15)16-8-13-14-10(16)19/h8-9H,4-7H2,1-3H3,(H,14,19). The molecule has 1 amide bonds. The molecule has 0 aliphatic carbocycles. The number of aromatic amines is 1. The van der Waals surface area contributed by atoms with Crippen molar-refractivity contribution in [2.45, 2.75) is 45.3 Å². The molecule has 7 heteroatoms. The van der Waals surface area contributed by atoms with E-state index in [0.717, 1.165) is 19.4 Å². The van der Waals surface area contributed by atoms with Crippen molar-refractivity contribution >= 4 is 18.3 Å². The van der Waals surface area contributed by atoms with Crippen LogP contribution >= 0.6 is 12.2 Å². The van der Waals surface area contributed by atoms with Crippen molar-refractivity contribution in [3.8, 4) is 0 Å². The van der Waals surface area contributed by atoms with Gasteiger partial charge in [0, 0.05) is 13.1 Å². The van der Waals surface area contributed by atoms with E-state index in [0.29, 0.717) is 11.3 Å². The number of H-pyrrole nitrogens is 1. The molecule has 0 bridgehead atoms. The third-order valence-corrected chi connectivity index (χ3v) is 3.32. The number of hydrogen-bond donors (Lipinski definition) is 1. The van der Waals surface area contributed by atoms with E-state index in [4.69, 9.17) is 17.0 Å². The maximum atomic E-state index is 12.1. The van der Waals surface area contributed by atoms with Gasteiger partial charge in [-0.1, -0.05) is 0 Å². The maximum absolute atomic E-state index is 12.1. The van der Waals surface area contributed by atoms with E-state index in [1.54, 1.807) is 11.2 Å². The van der Waals surface area contributed by atoms with Crippen LogP contribution in [0.5, 0.6) is 0 Å². The minimum Gasteiger partial charge on any atom is -0.444 e. The van der Waals surface area contributed by atoms with Gasteiger partial charge in [0.05, 0.1) is 6.04 Å². The predicted molar refractivity (Wildman–Crippen MR) is 73.5 cm³/mol. The summed E-state index contributed by atoms with van der Waals surface area (Å²) < 4.78 is 7.90. The van der Waals surface area contributed by atoms with Gasteiger partial charge >= 0.3 is 6.09 Å². The van der Waals surface area contributed by atoms with Gasteiger partial charge in [-0.25, -0.2) is 4.79 Å². The van der Waals surface area contributed by atoms with Crippen molar-refractivity contribution in [3.63, 3.8) is 0 Å². The van der Waals surface area contributed by atoms with Gasteiger partial charge in [0.25, 0.3) is 0 Å². The fraction of sp³-hybridized carbons (Fsp3) is 0.750. The number of ether oxygens (including phenoxy) is 1. The Kier molecular flexibility index (Phi) is 3.93. The summed E-state index contributed by atoms with van der Waals surface area (Å²) in [5.74, 6) is 0. The number of piperidine rings is 1. The Balaban J connectivity index is 2.04. The van der Waals surface area contributed by atoms with Crippen LogP contribution in [-0.2, 0) is 4.74 Å². The molecule has 0 saturated carbocycles. The van der Waals surface area contributed by atoms with E-state index >= 15 is 0 Å². The van der Waals surface area contributed by atoms with Gasteiger partial charge in [-0.05, 0) is 45.8 Å². The quantitative estimate of drug-likeness (QED) is 0.805. The molecule has 0 radical (unpaired) electrons. The molecular weight excluding hydrogens is 264 g/mol. The van der Waals surface area contributed by atoms with E-state index < -0.39 is 5.60 Å². The number of aromatic nitrogens is 3. The van der Waals surface area contributed by atoms with Crippen LogP contribution in [0.3, 0.4) is 0 Å². The van der Waals surface area contributed by atoms with E-state index in [-0.39, 0.29) is 12.1 Å². The number of nitrogens with one attached hydrogen (secondary N) is 1. The molecule has 19 heavy (non-hydrogen) atoms. The predicted octanol–water partition coefficient (Wildman–Crippen LogP) is 2.51. The summed E-state index contributed by atoms with van der Waals surface area (Å²) >= 11 is 5.17. The first-order chi connectivity index (χ1) is 8.87. The minimum atomic E-state index is -0.462. The molecule has 106 valence electrons. The third kappa shape index (κ3) is 3.56. The molecule has 1 atom stereocenters. The lowest BCUT2D eigenvalue weighted by Crippen LogP contribution is -2.43. The van der Waals surface area contributed by atoms with Crippen molar-refractivity contribution in [3.05, 3.63) is 11.1 Å². The van der Waals surface area contributed by atoms with Gasteiger partial charge in [0.15, 0.2) is 4.77 Å². The fourth-order valence-electron chi connectivity index (χ4n) is 2.19. The van der Waals surface area contributed by atoms with Crippen LogP contribution in [0.25, 0.3) is 0 Å². The Morgan fingerprint density at radius 3 is 2.89 bits per heavy atom. The van der Waals surface area contributed by atoms with Crippen LogP contribution in [0.15, 0.2) is 6.33 Å². The highest BCUT2D eigenvalue weighted by molar-refractivity contribution is 7.71. The second-order valence-electron chi connectivity index (χ2n) is 5.79. The topological polar surface area (TPSA) is 63.1 Å². The average Bonchev–Trinajstić information content (AvgIpc) is 2.73. The number of amides is 1. The van der Waals surface area contributed by atoms with Gasteiger partial charge < -0.3 is 14.2 Å². The summed E-state index contributed by atoms with van der Waals surface area (Å²) in [6.07, 6.45) is 3.36. The van der Waals surface area contributed by atoms with Gasteiger partial charge in [0.2, 0.25) is 0 Å². The van der Waals surface area contributed by atoms with Gasteiger partial charge in [0.1, 0.15) is 11.9 Å². The van der Waals surface area contributed by atoms with Crippen LogP contribution in [-0.4, -0.2) is 44.4 Å². The molecule has 1 aromatic rings. The first-order valence-corrected chi connectivity index (χ1v) is 6.87. The zero-order valence-corrected chi connectivity index (χ0v) is 12.4. The lowest BCUT2D eigenvalue weighted by molar-refractivity contribution is 0.0172. The van der Waals surface area contributed by atoms with E-state index in [9.17, 15) is 4.79 Å². The van der Waals surface area contributed by atoms with Crippen molar-refractivity contribution in [2.75, 3.05) is 13.1 Å². The number of carbonyl (C=O) groups excluding carboxylic acids is 1. The Hall–Kier alpha value is -1.37. The summed E-state index contributed by atoms with van der Waals surface area (Å²) in [7, 11) is 0. The lowest BCUT2D eigenvalue weighted by atomic mass is 10.1. The van der Waals surface area contributed by atoms with Crippen LogP contribution in [0.2, 0.25) is 0 Å². The summed E-state index contributed by atoms with van der Waals surface area (Å²) in [6, 6.07) is 0.174. The number of rotatable bonds is 1. The molecule has 0 aromatic carbocycles. The molecule has 2 rings (SSSR count). The van der Waals surface area contributed by atoms with Crippen molar-refractivity contribution < 1.29 is 9.53 Å². The van der Waals surface area contributed by atoms with E-state index in [1.807, 2.05) is 25.3 Å². The average molecular weight is 284 g/mol. The highest BCUT2D eigenvalue weighted by Crippen LogP contribution is 2.23. The molecular formula is C12H20N4O2S. The Bertz CT molecular complexity index is 502. The summed E-state index contributed by atoms with van der Waals surface area (Å²) in [4.78, 5) is 13.8. The van der Waals surface area contributed by atoms with E-state index in [1.165, 1.54) is 0 Å².